The SMILES string of the molecule is Cc1cc(C)c(C(=O)O)c(C2CC(O)(c3cnc(OCc4c(-c5c(Cl)cccc5Cl)noc4C4CC4)cn3)C2)c1. The Labute approximate surface area is 240 Å². The predicted octanol–water partition coefficient (Wildman–Crippen LogP) is 6.98. The van der Waals surface area contributed by atoms with Crippen molar-refractivity contribution in [3.8, 4) is 17.1 Å². The quantitative estimate of drug-likeness (QED) is 0.229. The molecule has 0 spiro atoms. The van der Waals surface area contributed by atoms with Crippen LogP contribution in [0.4, 0.5) is 0 Å². The number of hydrogen-bond acceptors (Lipinski definition) is 7. The second kappa shape index (κ2) is 10.2. The first-order valence-electron chi connectivity index (χ1n) is 13.1. The molecule has 0 saturated heterocycles. The van der Waals surface area contributed by atoms with Crippen molar-refractivity contribution in [3.05, 3.63) is 92.0 Å². The van der Waals surface area contributed by atoms with Gasteiger partial charge in [0.25, 0.3) is 0 Å². The fourth-order valence-corrected chi connectivity index (χ4v) is 6.20. The summed E-state index contributed by atoms with van der Waals surface area (Å²) in [4.78, 5) is 20.7. The number of aromatic nitrogens is 3. The molecule has 8 nitrogen and oxygen atoms in total. The highest BCUT2D eigenvalue weighted by Gasteiger charge is 2.47. The van der Waals surface area contributed by atoms with Gasteiger partial charge in [0.15, 0.2) is 0 Å². The van der Waals surface area contributed by atoms with Crippen LogP contribution in [0.25, 0.3) is 11.3 Å². The molecular weight excluding hydrogens is 553 g/mol. The minimum absolute atomic E-state index is 0.0862. The van der Waals surface area contributed by atoms with Crippen LogP contribution in [-0.2, 0) is 12.2 Å². The van der Waals surface area contributed by atoms with Crippen LogP contribution in [-0.4, -0.2) is 31.3 Å². The lowest BCUT2D eigenvalue weighted by Crippen LogP contribution is -2.41. The number of benzene rings is 2. The maximum atomic E-state index is 11.9. The third kappa shape index (κ3) is 4.85. The number of halogens is 2. The Morgan fingerprint density at radius 3 is 2.45 bits per heavy atom. The summed E-state index contributed by atoms with van der Waals surface area (Å²) < 4.78 is 11.7. The van der Waals surface area contributed by atoms with E-state index in [0.717, 1.165) is 40.9 Å². The molecule has 0 amide bonds. The van der Waals surface area contributed by atoms with Crippen LogP contribution in [0.5, 0.6) is 5.88 Å². The highest BCUT2D eigenvalue weighted by Crippen LogP contribution is 2.51. The van der Waals surface area contributed by atoms with E-state index in [1.165, 1.54) is 12.4 Å². The Balaban J connectivity index is 1.18. The van der Waals surface area contributed by atoms with Gasteiger partial charge in [-0.15, -0.1) is 0 Å². The van der Waals surface area contributed by atoms with Crippen LogP contribution in [0, 0.1) is 13.8 Å². The monoisotopic (exact) mass is 579 g/mol. The van der Waals surface area contributed by atoms with E-state index in [9.17, 15) is 15.0 Å². The van der Waals surface area contributed by atoms with Gasteiger partial charge in [0.05, 0.1) is 39.3 Å². The van der Waals surface area contributed by atoms with E-state index in [1.807, 2.05) is 19.1 Å². The Hall–Kier alpha value is -3.46. The number of hydrogen-bond donors (Lipinski definition) is 2. The number of carboxylic acids is 1. The van der Waals surface area contributed by atoms with Crippen LogP contribution >= 0.6 is 23.2 Å². The summed E-state index contributed by atoms with van der Waals surface area (Å²) in [5, 5.41) is 26.2. The molecule has 206 valence electrons. The molecule has 0 aliphatic heterocycles. The highest BCUT2D eigenvalue weighted by molar-refractivity contribution is 6.39. The number of aliphatic hydroxyl groups is 1. The van der Waals surface area contributed by atoms with Crippen molar-refractivity contribution in [2.75, 3.05) is 0 Å². The standard InChI is InChI=1S/C30H27Cl2N3O5/c1-15-8-16(2)25(29(36)37)19(9-15)18-10-30(38,11-18)23-12-34-24(13-33-23)39-14-20-27(35-40-28(20)17-6-7-17)26-21(31)4-3-5-22(26)32/h3-5,8-9,12-13,17-18,38H,6-7,10-11,14H2,1-2H3,(H,36,37). The lowest BCUT2D eigenvalue weighted by atomic mass is 9.65. The van der Waals surface area contributed by atoms with Gasteiger partial charge in [-0.2, -0.15) is 0 Å². The van der Waals surface area contributed by atoms with Crippen LogP contribution < -0.4 is 4.74 Å². The first kappa shape index (κ1) is 26.7. The molecule has 4 aromatic rings. The number of aryl methyl sites for hydroxylation is 2. The van der Waals surface area contributed by atoms with Gasteiger partial charge in [0, 0.05) is 11.5 Å². The minimum Gasteiger partial charge on any atom is -0.478 e. The van der Waals surface area contributed by atoms with Crippen molar-refractivity contribution in [3.63, 3.8) is 0 Å². The molecule has 6 rings (SSSR count). The molecule has 0 bridgehead atoms. The van der Waals surface area contributed by atoms with E-state index in [4.69, 9.17) is 32.5 Å². The third-order valence-corrected chi connectivity index (χ3v) is 8.40. The summed E-state index contributed by atoms with van der Waals surface area (Å²) >= 11 is 12.9. The average Bonchev–Trinajstić information content (AvgIpc) is 3.65. The van der Waals surface area contributed by atoms with Gasteiger partial charge in [-0.05, 0) is 68.7 Å². The predicted molar refractivity (Wildman–Crippen MR) is 149 cm³/mol. The summed E-state index contributed by atoms with van der Waals surface area (Å²) in [5.41, 5.74) is 3.91. The number of carboxylic acid groups (broad SMARTS) is 1. The fraction of sp³-hybridized carbons (Fsp3) is 0.333. The van der Waals surface area contributed by atoms with Crippen molar-refractivity contribution < 1.29 is 24.3 Å². The number of carbonyl (C=O) groups is 1. The first-order chi connectivity index (χ1) is 19.1. The molecule has 2 heterocycles. The lowest BCUT2D eigenvalue weighted by Gasteiger charge is -2.43. The minimum atomic E-state index is -1.19. The molecule has 0 atom stereocenters. The third-order valence-electron chi connectivity index (χ3n) is 7.77. The van der Waals surface area contributed by atoms with E-state index < -0.39 is 11.6 Å². The van der Waals surface area contributed by atoms with Crippen molar-refractivity contribution >= 4 is 29.2 Å². The van der Waals surface area contributed by atoms with Crippen LogP contribution in [0.2, 0.25) is 10.0 Å². The lowest BCUT2D eigenvalue weighted by molar-refractivity contribution is -0.0592. The molecule has 10 heteroatoms. The number of rotatable bonds is 8. The van der Waals surface area contributed by atoms with E-state index >= 15 is 0 Å². The number of ether oxygens (including phenoxy) is 1. The maximum absolute atomic E-state index is 11.9. The number of nitrogens with zero attached hydrogens (tertiary/aromatic N) is 3. The molecular formula is C30H27Cl2N3O5. The first-order valence-corrected chi connectivity index (χ1v) is 13.8. The van der Waals surface area contributed by atoms with Crippen LogP contribution in [0.3, 0.4) is 0 Å². The van der Waals surface area contributed by atoms with E-state index in [1.54, 1.807) is 25.1 Å². The molecule has 2 aliphatic carbocycles. The van der Waals surface area contributed by atoms with Gasteiger partial charge in [0.1, 0.15) is 23.7 Å². The summed E-state index contributed by atoms with van der Waals surface area (Å²) in [6, 6.07) is 9.03. The van der Waals surface area contributed by atoms with Gasteiger partial charge in [-0.3, -0.25) is 4.98 Å². The van der Waals surface area contributed by atoms with Gasteiger partial charge < -0.3 is 19.5 Å². The summed E-state index contributed by atoms with van der Waals surface area (Å²) in [6.07, 6.45) is 5.74. The Morgan fingerprint density at radius 1 is 1.10 bits per heavy atom. The topological polar surface area (TPSA) is 119 Å². The number of aromatic carboxylic acids is 1. The summed E-state index contributed by atoms with van der Waals surface area (Å²) in [7, 11) is 0. The van der Waals surface area contributed by atoms with Crippen molar-refractivity contribution in [2.24, 2.45) is 0 Å². The van der Waals surface area contributed by atoms with Crippen molar-refractivity contribution in [1.82, 2.24) is 15.1 Å². The molecule has 2 saturated carbocycles. The zero-order valence-corrected chi connectivity index (χ0v) is 23.5. The Morgan fingerprint density at radius 2 is 1.82 bits per heavy atom. The van der Waals surface area contributed by atoms with Crippen molar-refractivity contribution in [2.45, 2.75) is 63.6 Å². The zero-order valence-electron chi connectivity index (χ0n) is 21.9. The van der Waals surface area contributed by atoms with Crippen LogP contribution in [0.1, 0.15) is 81.6 Å². The largest absolute Gasteiger partial charge is 0.478 e. The average molecular weight is 580 g/mol. The summed E-state index contributed by atoms with van der Waals surface area (Å²) in [5.74, 6) is 0.287. The Bertz CT molecular complexity index is 1590. The van der Waals surface area contributed by atoms with Gasteiger partial charge in [-0.25, -0.2) is 9.78 Å². The second-order valence-electron chi connectivity index (χ2n) is 10.8. The second-order valence-corrected chi connectivity index (χ2v) is 11.6. The van der Waals surface area contributed by atoms with E-state index in [-0.39, 0.29) is 24.3 Å². The van der Waals surface area contributed by atoms with Gasteiger partial charge in [0.2, 0.25) is 5.88 Å². The van der Waals surface area contributed by atoms with Gasteiger partial charge >= 0.3 is 5.97 Å². The van der Waals surface area contributed by atoms with E-state index in [2.05, 4.69) is 15.1 Å². The van der Waals surface area contributed by atoms with Crippen molar-refractivity contribution in [1.29, 1.82) is 0 Å². The molecule has 2 aromatic carbocycles. The van der Waals surface area contributed by atoms with E-state index in [0.29, 0.717) is 45.4 Å². The normalized spacial score (nSPS) is 20.3. The molecule has 0 radical (unpaired) electrons. The molecule has 2 N–H and O–H groups in total. The summed E-state index contributed by atoms with van der Waals surface area (Å²) in [6.45, 7) is 3.88. The zero-order chi connectivity index (χ0) is 28.2. The van der Waals surface area contributed by atoms with Gasteiger partial charge in [-0.1, -0.05) is 52.1 Å². The van der Waals surface area contributed by atoms with Crippen LogP contribution in [0.15, 0.2) is 47.2 Å². The fourth-order valence-electron chi connectivity index (χ4n) is 5.62. The molecule has 2 fully saturated rings. The molecule has 0 unspecified atom stereocenters. The highest BCUT2D eigenvalue weighted by atomic mass is 35.5. The smallest absolute Gasteiger partial charge is 0.336 e. The Kier molecular flexibility index (Phi) is 6.81. The molecule has 2 aliphatic rings. The molecule has 2 aromatic heterocycles. The maximum Gasteiger partial charge on any atom is 0.336 e. The molecule has 40 heavy (non-hydrogen) atoms.